The number of hydrogen-bond donors (Lipinski definition) is 0. The molecule has 3 atom stereocenters. The molecule has 1 aliphatic carbocycles. The molecule has 2 nitrogen and oxygen atoms in total. The van der Waals surface area contributed by atoms with Crippen LogP contribution in [0.2, 0.25) is 0 Å². The summed E-state index contributed by atoms with van der Waals surface area (Å²) >= 11 is 0. The maximum atomic E-state index is 12.7. The molecule has 0 spiro atoms. The second-order valence-corrected chi connectivity index (χ2v) is 7.72. The van der Waals surface area contributed by atoms with Crippen molar-refractivity contribution in [2.75, 3.05) is 0 Å². The van der Waals surface area contributed by atoms with Crippen molar-refractivity contribution < 1.29 is 8.42 Å². The van der Waals surface area contributed by atoms with Crippen molar-refractivity contribution in [1.29, 1.82) is 0 Å². The van der Waals surface area contributed by atoms with E-state index in [0.717, 1.165) is 11.1 Å². The van der Waals surface area contributed by atoms with E-state index < -0.39 is 9.84 Å². The Morgan fingerprint density at radius 2 is 1.50 bits per heavy atom. The third kappa shape index (κ3) is 2.16. The number of hydrogen-bond acceptors (Lipinski definition) is 2. The number of sulfone groups is 1. The summed E-state index contributed by atoms with van der Waals surface area (Å²) in [6, 6.07) is 17.1. The van der Waals surface area contributed by atoms with Gasteiger partial charge in [0.15, 0.2) is 9.84 Å². The highest BCUT2D eigenvalue weighted by atomic mass is 32.2. The highest BCUT2D eigenvalue weighted by Gasteiger charge is 2.55. The van der Waals surface area contributed by atoms with Gasteiger partial charge in [0, 0.05) is 5.92 Å². The van der Waals surface area contributed by atoms with Crippen molar-refractivity contribution in [2.45, 2.75) is 29.9 Å². The van der Waals surface area contributed by atoms with Gasteiger partial charge >= 0.3 is 0 Å². The summed E-state index contributed by atoms with van der Waals surface area (Å²) in [6.07, 6.45) is 0. The topological polar surface area (TPSA) is 34.1 Å². The van der Waals surface area contributed by atoms with Crippen LogP contribution in [0.1, 0.15) is 24.0 Å². The van der Waals surface area contributed by atoms with Gasteiger partial charge in [0.1, 0.15) is 0 Å². The van der Waals surface area contributed by atoms with Crippen LogP contribution in [0.15, 0.2) is 59.5 Å². The van der Waals surface area contributed by atoms with E-state index in [1.54, 1.807) is 12.1 Å². The molecule has 0 saturated heterocycles. The summed E-state index contributed by atoms with van der Waals surface area (Å²) in [4.78, 5) is 0.443. The van der Waals surface area contributed by atoms with E-state index in [9.17, 15) is 8.42 Å². The van der Waals surface area contributed by atoms with Crippen LogP contribution in [0.3, 0.4) is 0 Å². The lowest BCUT2D eigenvalue weighted by Crippen LogP contribution is -2.10. The van der Waals surface area contributed by atoms with E-state index in [1.807, 2.05) is 56.3 Å². The van der Waals surface area contributed by atoms with Gasteiger partial charge in [0.05, 0.1) is 10.1 Å². The molecule has 0 heterocycles. The average molecular weight is 286 g/mol. The third-order valence-electron chi connectivity index (χ3n) is 4.19. The number of aryl methyl sites for hydroxylation is 1. The van der Waals surface area contributed by atoms with Gasteiger partial charge < -0.3 is 0 Å². The summed E-state index contributed by atoms with van der Waals surface area (Å²) in [6.45, 7) is 3.98. The highest BCUT2D eigenvalue weighted by molar-refractivity contribution is 7.92. The first-order valence-electron chi connectivity index (χ1n) is 6.87. The maximum Gasteiger partial charge on any atom is 0.182 e. The lowest BCUT2D eigenvalue weighted by molar-refractivity contribution is 0.592. The molecule has 1 aliphatic rings. The summed E-state index contributed by atoms with van der Waals surface area (Å²) in [5, 5.41) is -0.285. The summed E-state index contributed by atoms with van der Waals surface area (Å²) in [5.41, 5.74) is 2.20. The fraction of sp³-hybridized carbons (Fsp3) is 0.294. The maximum absolute atomic E-state index is 12.7. The normalized spacial score (nSPS) is 25.4. The Morgan fingerprint density at radius 1 is 0.900 bits per heavy atom. The molecule has 3 rings (SSSR count). The quantitative estimate of drug-likeness (QED) is 0.864. The average Bonchev–Trinajstić information content (AvgIpc) is 3.13. The Labute approximate surface area is 120 Å². The first-order chi connectivity index (χ1) is 9.51. The summed E-state index contributed by atoms with van der Waals surface area (Å²) in [5.74, 6) is 0.311. The molecule has 0 amide bonds. The van der Waals surface area contributed by atoms with Gasteiger partial charge in [0.2, 0.25) is 0 Å². The lowest BCUT2D eigenvalue weighted by atomic mass is 10.1. The largest absolute Gasteiger partial charge is 0.223 e. The molecule has 0 N–H and O–H groups in total. The zero-order valence-electron chi connectivity index (χ0n) is 11.7. The van der Waals surface area contributed by atoms with Gasteiger partial charge in [-0.25, -0.2) is 8.42 Å². The third-order valence-corrected chi connectivity index (χ3v) is 6.56. The van der Waals surface area contributed by atoms with E-state index in [1.165, 1.54) is 0 Å². The van der Waals surface area contributed by atoms with Crippen molar-refractivity contribution >= 4 is 9.84 Å². The molecule has 104 valence electrons. The minimum atomic E-state index is -3.23. The van der Waals surface area contributed by atoms with Crippen molar-refractivity contribution in [3.05, 3.63) is 65.7 Å². The Bertz CT molecular complexity index is 702. The molecule has 3 unspecified atom stereocenters. The van der Waals surface area contributed by atoms with E-state index in [0.29, 0.717) is 4.90 Å². The Hall–Kier alpha value is -1.61. The van der Waals surface area contributed by atoms with Crippen LogP contribution >= 0.6 is 0 Å². The first kappa shape index (κ1) is 13.4. The van der Waals surface area contributed by atoms with E-state index in [-0.39, 0.29) is 17.1 Å². The van der Waals surface area contributed by atoms with Gasteiger partial charge in [-0.2, -0.15) is 0 Å². The van der Waals surface area contributed by atoms with Gasteiger partial charge in [-0.05, 0) is 30.5 Å². The van der Waals surface area contributed by atoms with Crippen LogP contribution in [-0.2, 0) is 9.84 Å². The molecule has 1 fully saturated rings. The fourth-order valence-corrected chi connectivity index (χ4v) is 5.22. The SMILES string of the molecule is Cc1ccc(S(=O)(=O)C2C(C)C2c2ccccc2)cc1. The standard InChI is InChI=1S/C17H18O2S/c1-12-8-10-15(11-9-12)20(18,19)17-13(2)16(17)14-6-4-3-5-7-14/h3-11,13,16-17H,1-2H3. The Morgan fingerprint density at radius 3 is 2.10 bits per heavy atom. The van der Waals surface area contributed by atoms with Crippen molar-refractivity contribution in [2.24, 2.45) is 5.92 Å². The van der Waals surface area contributed by atoms with Crippen LogP contribution in [0.5, 0.6) is 0 Å². The van der Waals surface area contributed by atoms with Gasteiger partial charge in [-0.1, -0.05) is 55.0 Å². The lowest BCUT2D eigenvalue weighted by Gasteiger charge is -2.05. The molecule has 0 bridgehead atoms. The molecule has 2 aromatic carbocycles. The molecular weight excluding hydrogens is 268 g/mol. The van der Waals surface area contributed by atoms with Crippen LogP contribution < -0.4 is 0 Å². The van der Waals surface area contributed by atoms with Crippen LogP contribution in [-0.4, -0.2) is 13.7 Å². The van der Waals surface area contributed by atoms with Crippen molar-refractivity contribution in [1.82, 2.24) is 0 Å². The second kappa shape index (κ2) is 4.74. The first-order valence-corrected chi connectivity index (χ1v) is 8.42. The monoisotopic (exact) mass is 286 g/mol. The van der Waals surface area contributed by atoms with Crippen LogP contribution in [0.25, 0.3) is 0 Å². The number of rotatable bonds is 3. The van der Waals surface area contributed by atoms with E-state index in [4.69, 9.17) is 0 Å². The molecule has 20 heavy (non-hydrogen) atoms. The predicted octanol–water partition coefficient (Wildman–Crippen LogP) is 3.57. The van der Waals surface area contributed by atoms with Crippen molar-refractivity contribution in [3.63, 3.8) is 0 Å². The van der Waals surface area contributed by atoms with Crippen LogP contribution in [0.4, 0.5) is 0 Å². The van der Waals surface area contributed by atoms with Gasteiger partial charge in [-0.3, -0.25) is 0 Å². The predicted molar refractivity (Wildman–Crippen MR) is 80.5 cm³/mol. The molecular formula is C17H18O2S. The minimum absolute atomic E-state index is 0.127. The fourth-order valence-electron chi connectivity index (χ4n) is 2.96. The summed E-state index contributed by atoms with van der Waals surface area (Å²) in [7, 11) is -3.23. The zero-order valence-corrected chi connectivity index (χ0v) is 12.5. The molecule has 0 radical (unpaired) electrons. The molecule has 1 saturated carbocycles. The molecule has 0 aliphatic heterocycles. The summed E-state index contributed by atoms with van der Waals surface area (Å²) < 4.78 is 25.4. The molecule has 0 aromatic heterocycles. The van der Waals surface area contributed by atoms with Gasteiger partial charge in [0.25, 0.3) is 0 Å². The van der Waals surface area contributed by atoms with Crippen molar-refractivity contribution in [3.8, 4) is 0 Å². The van der Waals surface area contributed by atoms with E-state index >= 15 is 0 Å². The highest BCUT2D eigenvalue weighted by Crippen LogP contribution is 2.53. The molecule has 2 aromatic rings. The van der Waals surface area contributed by atoms with Gasteiger partial charge in [-0.15, -0.1) is 0 Å². The second-order valence-electron chi connectivity index (χ2n) is 5.62. The Kier molecular flexibility index (Phi) is 3.17. The van der Waals surface area contributed by atoms with E-state index in [2.05, 4.69) is 0 Å². The smallest absolute Gasteiger partial charge is 0.182 e. The molecule has 3 heteroatoms. The van der Waals surface area contributed by atoms with Crippen LogP contribution in [0, 0.1) is 12.8 Å². The number of benzene rings is 2. The Balaban J connectivity index is 1.92. The minimum Gasteiger partial charge on any atom is -0.223 e. The zero-order chi connectivity index (χ0) is 14.3.